The molecule has 0 aromatic heterocycles. The number of benzene rings is 1. The highest BCUT2D eigenvalue weighted by atomic mass is 32.2. The van der Waals surface area contributed by atoms with Crippen LogP contribution in [0.4, 0.5) is 13.2 Å². The van der Waals surface area contributed by atoms with Crippen molar-refractivity contribution in [2.24, 2.45) is 0 Å². The molecule has 0 aliphatic carbocycles. The monoisotopic (exact) mass is 255 g/mol. The summed E-state index contributed by atoms with van der Waals surface area (Å²) in [5.74, 6) is -5.35. The second-order valence-electron chi connectivity index (χ2n) is 2.84. The molecule has 0 unspecified atom stereocenters. The van der Waals surface area contributed by atoms with E-state index in [1.54, 1.807) is 4.72 Å². The molecule has 0 saturated heterocycles. The van der Waals surface area contributed by atoms with Crippen molar-refractivity contribution in [2.75, 3.05) is 7.05 Å². The summed E-state index contributed by atoms with van der Waals surface area (Å²) in [5.41, 5.74) is -0.632. The van der Waals surface area contributed by atoms with Gasteiger partial charge >= 0.3 is 0 Å². The van der Waals surface area contributed by atoms with E-state index in [1.165, 1.54) is 0 Å². The minimum Gasteiger partial charge on any atom is -0.392 e. The molecule has 0 saturated carbocycles. The first-order valence-corrected chi connectivity index (χ1v) is 5.54. The molecule has 0 bridgehead atoms. The lowest BCUT2D eigenvalue weighted by Crippen LogP contribution is -2.21. The molecule has 1 rings (SSSR count). The summed E-state index contributed by atoms with van der Waals surface area (Å²) in [4.78, 5) is -1.04. The van der Waals surface area contributed by atoms with E-state index in [0.29, 0.717) is 6.07 Å². The van der Waals surface area contributed by atoms with Gasteiger partial charge in [0, 0.05) is 5.56 Å². The number of aliphatic hydroxyl groups excluding tert-OH is 1. The summed E-state index contributed by atoms with van der Waals surface area (Å²) in [6, 6.07) is 0.541. The number of hydrogen-bond donors (Lipinski definition) is 2. The fourth-order valence-corrected chi connectivity index (χ4v) is 1.89. The van der Waals surface area contributed by atoms with Crippen LogP contribution in [0.1, 0.15) is 5.56 Å². The van der Waals surface area contributed by atoms with Gasteiger partial charge in [-0.15, -0.1) is 0 Å². The van der Waals surface area contributed by atoms with Crippen LogP contribution >= 0.6 is 0 Å². The van der Waals surface area contributed by atoms with E-state index in [1.807, 2.05) is 0 Å². The molecule has 0 aliphatic heterocycles. The van der Waals surface area contributed by atoms with Gasteiger partial charge in [-0.25, -0.2) is 26.3 Å². The third-order valence-corrected chi connectivity index (χ3v) is 3.33. The molecule has 90 valence electrons. The topological polar surface area (TPSA) is 66.4 Å². The van der Waals surface area contributed by atoms with Gasteiger partial charge in [-0.2, -0.15) is 0 Å². The van der Waals surface area contributed by atoms with Gasteiger partial charge < -0.3 is 5.11 Å². The van der Waals surface area contributed by atoms with E-state index in [0.717, 1.165) is 7.05 Å². The Kier molecular flexibility index (Phi) is 3.56. The van der Waals surface area contributed by atoms with Crippen LogP contribution in [-0.2, 0) is 16.6 Å². The maximum atomic E-state index is 13.1. The first-order valence-electron chi connectivity index (χ1n) is 4.06. The second kappa shape index (κ2) is 4.40. The third kappa shape index (κ3) is 2.04. The first kappa shape index (κ1) is 12.9. The number of nitrogens with one attached hydrogen (secondary N) is 1. The molecule has 8 heteroatoms. The summed E-state index contributed by atoms with van der Waals surface area (Å²) in [5, 5.41) is 8.65. The zero-order valence-corrected chi connectivity index (χ0v) is 8.91. The Labute approximate surface area is 89.8 Å². The third-order valence-electron chi connectivity index (χ3n) is 1.92. The molecule has 0 radical (unpaired) electrons. The fourth-order valence-electron chi connectivity index (χ4n) is 1.05. The van der Waals surface area contributed by atoms with Crippen LogP contribution in [0.15, 0.2) is 11.0 Å². The molecule has 0 amide bonds. The van der Waals surface area contributed by atoms with Crippen LogP contribution in [0.5, 0.6) is 0 Å². The maximum Gasteiger partial charge on any atom is 0.243 e. The highest BCUT2D eigenvalue weighted by molar-refractivity contribution is 7.89. The Hall–Kier alpha value is -1.12. The Morgan fingerprint density at radius 3 is 2.25 bits per heavy atom. The van der Waals surface area contributed by atoms with Crippen molar-refractivity contribution in [1.82, 2.24) is 4.72 Å². The number of rotatable bonds is 3. The predicted molar refractivity (Wildman–Crippen MR) is 48.5 cm³/mol. The summed E-state index contributed by atoms with van der Waals surface area (Å²) >= 11 is 0. The molecule has 0 aliphatic rings. The van der Waals surface area contributed by atoms with E-state index < -0.39 is 44.5 Å². The van der Waals surface area contributed by atoms with Gasteiger partial charge in [-0.05, 0) is 13.1 Å². The SMILES string of the molecule is CNS(=O)(=O)c1cc(CO)c(F)c(F)c1F. The van der Waals surface area contributed by atoms with Crippen molar-refractivity contribution in [3.8, 4) is 0 Å². The standard InChI is InChI=1S/C8H8F3NO3S/c1-12-16(14,15)5-2-4(3-13)6(9)8(11)7(5)10/h2,12-13H,3H2,1H3. The zero-order chi connectivity index (χ0) is 12.5. The van der Waals surface area contributed by atoms with Crippen LogP contribution < -0.4 is 4.72 Å². The van der Waals surface area contributed by atoms with Crippen LogP contribution in [0.25, 0.3) is 0 Å². The number of aliphatic hydroxyl groups is 1. The number of sulfonamides is 1. The Balaban J connectivity index is 3.61. The van der Waals surface area contributed by atoms with E-state index in [9.17, 15) is 21.6 Å². The summed E-state index contributed by atoms with van der Waals surface area (Å²) < 4.78 is 63.3. The lowest BCUT2D eigenvalue weighted by Gasteiger charge is -2.08. The normalized spacial score (nSPS) is 11.8. The van der Waals surface area contributed by atoms with Gasteiger partial charge in [0.1, 0.15) is 4.90 Å². The Bertz CT molecular complexity index is 516. The molecular weight excluding hydrogens is 247 g/mol. The van der Waals surface area contributed by atoms with Crippen molar-refractivity contribution in [3.63, 3.8) is 0 Å². The molecule has 0 fully saturated rings. The van der Waals surface area contributed by atoms with E-state index in [-0.39, 0.29) is 0 Å². The van der Waals surface area contributed by atoms with Gasteiger partial charge in [0.05, 0.1) is 6.61 Å². The van der Waals surface area contributed by atoms with E-state index in [4.69, 9.17) is 5.11 Å². The van der Waals surface area contributed by atoms with Crippen LogP contribution in [0.3, 0.4) is 0 Å². The van der Waals surface area contributed by atoms with Gasteiger partial charge in [-0.1, -0.05) is 0 Å². The summed E-state index contributed by atoms with van der Waals surface area (Å²) in [6.07, 6.45) is 0. The molecular formula is C8H8F3NO3S. The van der Waals surface area contributed by atoms with Crippen LogP contribution in [-0.4, -0.2) is 20.6 Å². The maximum absolute atomic E-state index is 13.1. The van der Waals surface area contributed by atoms with Crippen molar-refractivity contribution in [2.45, 2.75) is 11.5 Å². The molecule has 16 heavy (non-hydrogen) atoms. The quantitative estimate of drug-likeness (QED) is 0.773. The summed E-state index contributed by atoms with van der Waals surface area (Å²) in [6.45, 7) is -0.935. The van der Waals surface area contributed by atoms with Crippen LogP contribution in [0, 0.1) is 17.5 Å². The number of hydrogen-bond acceptors (Lipinski definition) is 3. The average Bonchev–Trinajstić information content (AvgIpc) is 2.26. The van der Waals surface area contributed by atoms with Crippen molar-refractivity contribution >= 4 is 10.0 Å². The van der Waals surface area contributed by atoms with Gasteiger partial charge in [0.25, 0.3) is 0 Å². The smallest absolute Gasteiger partial charge is 0.243 e. The second-order valence-corrected chi connectivity index (χ2v) is 4.70. The minimum absolute atomic E-state index is 0.541. The minimum atomic E-state index is -4.24. The highest BCUT2D eigenvalue weighted by Crippen LogP contribution is 2.23. The first-order chi connectivity index (χ1) is 7.35. The molecule has 0 heterocycles. The van der Waals surface area contributed by atoms with Crippen molar-refractivity contribution in [3.05, 3.63) is 29.1 Å². The largest absolute Gasteiger partial charge is 0.392 e. The molecule has 0 spiro atoms. The molecule has 1 aromatic carbocycles. The van der Waals surface area contributed by atoms with E-state index >= 15 is 0 Å². The lowest BCUT2D eigenvalue weighted by molar-refractivity contribution is 0.271. The number of halogens is 3. The zero-order valence-electron chi connectivity index (χ0n) is 8.09. The van der Waals surface area contributed by atoms with Gasteiger partial charge in [-0.3, -0.25) is 0 Å². The Morgan fingerprint density at radius 1 is 1.25 bits per heavy atom. The van der Waals surface area contributed by atoms with Crippen molar-refractivity contribution in [1.29, 1.82) is 0 Å². The fraction of sp³-hybridized carbons (Fsp3) is 0.250. The average molecular weight is 255 g/mol. The molecule has 0 atom stereocenters. The van der Waals surface area contributed by atoms with E-state index in [2.05, 4.69) is 0 Å². The van der Waals surface area contributed by atoms with Crippen molar-refractivity contribution < 1.29 is 26.7 Å². The molecule has 2 N–H and O–H groups in total. The van der Waals surface area contributed by atoms with Crippen LogP contribution in [0.2, 0.25) is 0 Å². The molecule has 1 aromatic rings. The summed E-state index contributed by atoms with van der Waals surface area (Å²) in [7, 11) is -3.25. The highest BCUT2D eigenvalue weighted by Gasteiger charge is 2.25. The van der Waals surface area contributed by atoms with Gasteiger partial charge in [0.15, 0.2) is 17.5 Å². The molecule has 4 nitrogen and oxygen atoms in total. The predicted octanol–water partition coefficient (Wildman–Crippen LogP) is 0.504. The van der Waals surface area contributed by atoms with Gasteiger partial charge in [0.2, 0.25) is 10.0 Å². The lowest BCUT2D eigenvalue weighted by atomic mass is 10.2. The Morgan fingerprint density at radius 2 is 1.81 bits per heavy atom.